The number of ether oxygens (including phenoxy) is 2. The smallest absolute Gasteiger partial charge is 0.220 e. The van der Waals surface area contributed by atoms with Crippen LogP contribution in [0.2, 0.25) is 10.0 Å². The van der Waals surface area contributed by atoms with E-state index < -0.39 is 0 Å². The predicted molar refractivity (Wildman–Crippen MR) is 201 cm³/mol. The van der Waals surface area contributed by atoms with Crippen LogP contribution in [-0.2, 0) is 17.6 Å². The molecule has 2 atom stereocenters. The number of nitrogens with one attached hydrogen (secondary N) is 1. The predicted octanol–water partition coefficient (Wildman–Crippen LogP) is 7.94. The van der Waals surface area contributed by atoms with E-state index >= 15 is 0 Å². The van der Waals surface area contributed by atoms with E-state index in [0.717, 1.165) is 104 Å². The highest BCUT2D eigenvalue weighted by Gasteiger charge is 2.51. The Morgan fingerprint density at radius 3 is 1.78 bits per heavy atom. The van der Waals surface area contributed by atoms with Crippen LogP contribution in [0.1, 0.15) is 66.9 Å². The summed E-state index contributed by atoms with van der Waals surface area (Å²) >= 11 is 14.5. The maximum Gasteiger partial charge on any atom is 0.220 e. The summed E-state index contributed by atoms with van der Waals surface area (Å²) in [7, 11) is 3.41. The molecule has 0 bridgehead atoms. The van der Waals surface area contributed by atoms with Crippen LogP contribution in [0.4, 0.5) is 0 Å². The molecule has 10 heteroatoms. The van der Waals surface area contributed by atoms with Crippen molar-refractivity contribution in [1.29, 1.82) is 0 Å². The monoisotopic (exact) mass is 723 g/mol. The van der Waals surface area contributed by atoms with Crippen molar-refractivity contribution in [3.63, 3.8) is 0 Å². The van der Waals surface area contributed by atoms with E-state index in [1.54, 1.807) is 14.2 Å². The molecule has 2 aliphatic carbocycles. The first-order chi connectivity index (χ1) is 24.8. The highest BCUT2D eigenvalue weighted by atomic mass is 35.5. The van der Waals surface area contributed by atoms with Crippen LogP contribution < -0.4 is 14.8 Å². The number of benzene rings is 2. The summed E-state index contributed by atoms with van der Waals surface area (Å²) in [4.78, 5) is 27.1. The van der Waals surface area contributed by atoms with Crippen LogP contribution >= 0.6 is 23.2 Å². The van der Waals surface area contributed by atoms with Gasteiger partial charge in [-0.15, -0.1) is 0 Å². The van der Waals surface area contributed by atoms with E-state index in [-0.39, 0.29) is 17.4 Å². The third kappa shape index (κ3) is 5.44. The summed E-state index contributed by atoms with van der Waals surface area (Å²) in [5, 5.41) is 4.21. The number of hydrogen-bond acceptors (Lipinski definition) is 7. The fourth-order valence-electron chi connectivity index (χ4n) is 9.49. The van der Waals surface area contributed by atoms with Crippen molar-refractivity contribution in [3.8, 4) is 45.4 Å². The second-order valence-corrected chi connectivity index (χ2v) is 16.0. The molecule has 3 aliphatic heterocycles. The van der Waals surface area contributed by atoms with Gasteiger partial charge in [0.05, 0.1) is 35.7 Å². The van der Waals surface area contributed by atoms with Gasteiger partial charge < -0.3 is 14.8 Å². The largest absolute Gasteiger partial charge is 0.481 e. The molecular weight excluding hydrogens is 681 g/mol. The number of fused-ring (bicyclic) bond motifs is 2. The van der Waals surface area contributed by atoms with Crippen LogP contribution in [0.15, 0.2) is 48.5 Å². The molecule has 1 amide bonds. The van der Waals surface area contributed by atoms with Gasteiger partial charge in [0.25, 0.3) is 0 Å². The topological polar surface area (TPSA) is 79.8 Å². The summed E-state index contributed by atoms with van der Waals surface area (Å²) in [5.74, 6) is 2.30. The molecule has 2 aromatic carbocycles. The number of nitrogens with zero attached hydrogens (tertiary/aromatic N) is 4. The lowest BCUT2D eigenvalue weighted by Gasteiger charge is -2.50. The molecule has 3 saturated heterocycles. The Morgan fingerprint density at radius 1 is 0.804 bits per heavy atom. The lowest BCUT2D eigenvalue weighted by atomic mass is 9.77. The average molecular weight is 725 g/mol. The summed E-state index contributed by atoms with van der Waals surface area (Å²) < 4.78 is 11.9. The summed E-state index contributed by atoms with van der Waals surface area (Å²) in [6.07, 6.45) is 5.88. The standard InChI is InChI=1S/C41H43Cl2N5O3/c1-4-23-18-47(19-23)32-13-11-24-15-30(45-39(50-2)35(24)32)28-9-5-7-26(37(28)42)27-8-6-10-29(38(27)43)31-16-25-12-14-33(36(25)40(46-31)51-3)48-21-41(22-48)17-34(49)44-20-41/h5-10,15-16,23,32-33H,4,11-14,17-22H2,1-3H3,(H,44,49)/t32-,33+/m0/s1. The van der Waals surface area contributed by atoms with Crippen LogP contribution in [0.3, 0.4) is 0 Å². The van der Waals surface area contributed by atoms with Crippen molar-refractivity contribution in [3.05, 3.63) is 80.8 Å². The van der Waals surface area contributed by atoms with Crippen molar-refractivity contribution in [2.45, 2.75) is 57.5 Å². The number of pyridine rings is 2. The number of aromatic nitrogens is 2. The zero-order valence-corrected chi connectivity index (χ0v) is 30.9. The molecule has 264 valence electrons. The molecule has 8 nitrogen and oxygen atoms in total. The first-order valence-corrected chi connectivity index (χ1v) is 19.0. The second kappa shape index (κ2) is 12.8. The van der Waals surface area contributed by atoms with Gasteiger partial charge in [-0.05, 0) is 54.9 Å². The average Bonchev–Trinajstić information content (AvgIpc) is 3.84. The van der Waals surface area contributed by atoms with E-state index in [9.17, 15) is 4.79 Å². The minimum atomic E-state index is 0.0745. The van der Waals surface area contributed by atoms with Gasteiger partial charge in [-0.1, -0.05) is 72.9 Å². The summed E-state index contributed by atoms with van der Waals surface area (Å²) in [5.41, 5.74) is 9.95. The number of carbonyl (C=O) groups is 1. The van der Waals surface area contributed by atoms with Crippen LogP contribution in [0.25, 0.3) is 33.6 Å². The highest BCUT2D eigenvalue weighted by Crippen LogP contribution is 2.50. The molecular formula is C41H43Cl2N5O3. The third-order valence-corrected chi connectivity index (χ3v) is 13.0. The van der Waals surface area contributed by atoms with E-state index in [1.807, 2.05) is 36.4 Å². The van der Waals surface area contributed by atoms with Crippen LogP contribution in [0.5, 0.6) is 11.8 Å². The number of carbonyl (C=O) groups excluding carboxylic acids is 1. The van der Waals surface area contributed by atoms with Gasteiger partial charge in [0.2, 0.25) is 17.7 Å². The Labute approximate surface area is 309 Å². The molecule has 0 saturated carbocycles. The van der Waals surface area contributed by atoms with E-state index in [1.165, 1.54) is 23.1 Å². The van der Waals surface area contributed by atoms with Gasteiger partial charge in [0, 0.05) is 90.0 Å². The Morgan fingerprint density at radius 2 is 1.31 bits per heavy atom. The van der Waals surface area contributed by atoms with Crippen LogP contribution in [-0.4, -0.2) is 72.6 Å². The quantitative estimate of drug-likeness (QED) is 0.198. The number of halogens is 2. The van der Waals surface area contributed by atoms with Gasteiger partial charge in [-0.25, -0.2) is 9.97 Å². The first-order valence-electron chi connectivity index (χ1n) is 18.3. The van der Waals surface area contributed by atoms with Crippen molar-refractivity contribution in [2.24, 2.45) is 11.3 Å². The fraction of sp³-hybridized carbons (Fsp3) is 0.439. The summed E-state index contributed by atoms with van der Waals surface area (Å²) in [6, 6.07) is 17.1. The van der Waals surface area contributed by atoms with E-state index in [0.29, 0.717) is 34.3 Å². The number of aryl methyl sites for hydroxylation is 2. The zero-order valence-electron chi connectivity index (χ0n) is 29.4. The molecule has 1 N–H and O–H groups in total. The number of hydrogen-bond donors (Lipinski definition) is 1. The Balaban J connectivity index is 1.02. The minimum Gasteiger partial charge on any atom is -0.481 e. The zero-order chi connectivity index (χ0) is 35.0. The first kappa shape index (κ1) is 33.2. The molecule has 51 heavy (non-hydrogen) atoms. The van der Waals surface area contributed by atoms with Crippen molar-refractivity contribution < 1.29 is 14.3 Å². The highest BCUT2D eigenvalue weighted by molar-refractivity contribution is 6.39. The normalized spacial score (nSPS) is 22.4. The Hall–Kier alpha value is -3.69. The van der Waals surface area contributed by atoms with Gasteiger partial charge in [0.15, 0.2) is 0 Å². The van der Waals surface area contributed by atoms with Crippen molar-refractivity contribution >= 4 is 29.1 Å². The van der Waals surface area contributed by atoms with Gasteiger partial charge >= 0.3 is 0 Å². The van der Waals surface area contributed by atoms with Crippen LogP contribution in [0, 0.1) is 11.3 Å². The minimum absolute atomic E-state index is 0.0745. The lowest BCUT2D eigenvalue weighted by molar-refractivity contribution is -0.121. The maximum atomic E-state index is 11.9. The molecule has 9 rings (SSSR count). The molecule has 5 heterocycles. The Kier molecular flexibility index (Phi) is 8.30. The van der Waals surface area contributed by atoms with Crippen molar-refractivity contribution in [1.82, 2.24) is 25.1 Å². The number of likely N-dealkylation sites (tertiary alicyclic amines) is 2. The van der Waals surface area contributed by atoms with Gasteiger partial charge in [0.1, 0.15) is 0 Å². The van der Waals surface area contributed by atoms with E-state index in [2.05, 4.69) is 34.2 Å². The SMILES string of the molecule is CCC1CN([C@H]2CCc3cc(-c4cccc(-c5cccc(-c6cc7c(c(OC)n6)[C@H](N6CC8(CNC(=O)C8)C6)CC7)c5Cl)c4Cl)nc(OC)c32)C1. The third-order valence-electron chi connectivity index (χ3n) is 12.2. The van der Waals surface area contributed by atoms with Gasteiger partial charge in [-0.2, -0.15) is 0 Å². The molecule has 0 unspecified atom stereocenters. The van der Waals surface area contributed by atoms with Crippen molar-refractivity contribution in [2.75, 3.05) is 46.9 Å². The van der Waals surface area contributed by atoms with E-state index in [4.69, 9.17) is 42.6 Å². The number of rotatable bonds is 8. The second-order valence-electron chi connectivity index (χ2n) is 15.2. The maximum absolute atomic E-state index is 11.9. The molecule has 3 fully saturated rings. The lowest BCUT2D eigenvalue weighted by Crippen LogP contribution is -2.58. The number of amides is 1. The molecule has 4 aromatic rings. The molecule has 1 spiro atoms. The summed E-state index contributed by atoms with van der Waals surface area (Å²) in [6.45, 7) is 7.18. The fourth-order valence-corrected chi connectivity index (χ4v) is 10.1. The number of methoxy groups -OCH3 is 2. The Bertz CT molecular complexity index is 2060. The molecule has 2 aromatic heterocycles. The molecule has 5 aliphatic rings. The molecule has 0 radical (unpaired) electrons. The van der Waals surface area contributed by atoms with Gasteiger partial charge in [-0.3, -0.25) is 14.6 Å².